The Bertz CT molecular complexity index is 1470. The van der Waals surface area contributed by atoms with Crippen LogP contribution in [0.25, 0.3) is 0 Å². The van der Waals surface area contributed by atoms with Crippen LogP contribution in [0.5, 0.6) is 0 Å². The molecule has 1 unspecified atom stereocenters. The number of ether oxygens (including phenoxy) is 1. The van der Waals surface area contributed by atoms with Crippen molar-refractivity contribution < 1.29 is 31.5 Å². The summed E-state index contributed by atoms with van der Waals surface area (Å²) < 4.78 is 61.2. The summed E-state index contributed by atoms with van der Waals surface area (Å²) in [6.45, 7) is 1.08. The van der Waals surface area contributed by atoms with E-state index in [0.29, 0.717) is 38.8 Å². The molecule has 14 heteroatoms. The van der Waals surface area contributed by atoms with Gasteiger partial charge in [0.1, 0.15) is 17.7 Å². The second-order valence-electron chi connectivity index (χ2n) is 11.9. The number of amides is 2. The number of hydrogen-bond donors (Lipinski definition) is 3. The van der Waals surface area contributed by atoms with Gasteiger partial charge in [0.15, 0.2) is 0 Å². The molecule has 2 amide bonds. The van der Waals surface area contributed by atoms with Crippen LogP contribution in [0.15, 0.2) is 36.7 Å². The maximum Gasteiger partial charge on any atom is 0.407 e. The minimum atomic E-state index is -3.31. The average Bonchev–Trinajstić information content (AvgIpc) is 3.39. The van der Waals surface area contributed by atoms with Crippen LogP contribution in [0.2, 0.25) is 5.02 Å². The van der Waals surface area contributed by atoms with E-state index >= 15 is 0 Å². The fraction of sp³-hybridized carbons (Fsp3) is 0.567. The molecule has 1 saturated carbocycles. The molecule has 0 radical (unpaired) electrons. The van der Waals surface area contributed by atoms with Crippen molar-refractivity contribution in [3.05, 3.63) is 64.4 Å². The minimum Gasteiger partial charge on any atom is -0.453 e. The molecule has 0 spiro atoms. The summed E-state index contributed by atoms with van der Waals surface area (Å²) in [5, 5.41) is 9.02. The molecule has 2 bridgehead atoms. The quantitative estimate of drug-likeness (QED) is 0.376. The predicted molar refractivity (Wildman–Crippen MR) is 161 cm³/mol. The minimum absolute atomic E-state index is 0.0902. The summed E-state index contributed by atoms with van der Waals surface area (Å²) in [6.07, 6.45) is 6.77. The molecule has 1 aliphatic carbocycles. The summed E-state index contributed by atoms with van der Waals surface area (Å²) in [7, 11) is -2.15. The van der Waals surface area contributed by atoms with E-state index in [1.165, 1.54) is 24.4 Å². The van der Waals surface area contributed by atoms with Gasteiger partial charge < -0.3 is 20.7 Å². The van der Waals surface area contributed by atoms with Crippen LogP contribution < -0.4 is 16.0 Å². The normalized spacial score (nSPS) is 27.5. The molecule has 3 heterocycles. The first-order chi connectivity index (χ1) is 21.1. The van der Waals surface area contributed by atoms with Gasteiger partial charge in [-0.05, 0) is 73.8 Å². The summed E-state index contributed by atoms with van der Waals surface area (Å²) in [4.78, 5) is 30.4. The highest BCUT2D eigenvalue weighted by Gasteiger charge is 2.40. The Balaban J connectivity index is 1.36. The van der Waals surface area contributed by atoms with Crippen LogP contribution in [0.3, 0.4) is 0 Å². The molecule has 3 aliphatic rings. The number of rotatable bonds is 9. The molecule has 240 valence electrons. The first kappa shape index (κ1) is 32.5. The lowest BCUT2D eigenvalue weighted by molar-refractivity contribution is -0.124. The molecule has 2 aliphatic heterocycles. The Morgan fingerprint density at radius 2 is 1.95 bits per heavy atom. The van der Waals surface area contributed by atoms with Crippen LogP contribution in [0.4, 0.5) is 13.6 Å². The Labute approximate surface area is 261 Å². The maximum absolute atomic E-state index is 14.6. The molecule has 3 fully saturated rings. The summed E-state index contributed by atoms with van der Waals surface area (Å²) in [6, 6.07) is 3.66. The monoisotopic (exact) mass is 653 g/mol. The lowest BCUT2D eigenvalue weighted by Gasteiger charge is -2.38. The van der Waals surface area contributed by atoms with Gasteiger partial charge >= 0.3 is 6.09 Å². The Hall–Kier alpha value is -2.87. The molecule has 2 aromatic rings. The van der Waals surface area contributed by atoms with E-state index in [9.17, 15) is 26.8 Å². The van der Waals surface area contributed by atoms with Gasteiger partial charge in [-0.1, -0.05) is 24.1 Å². The highest BCUT2D eigenvalue weighted by Crippen LogP contribution is 2.34. The fourth-order valence-corrected chi connectivity index (χ4v) is 8.79. The van der Waals surface area contributed by atoms with Gasteiger partial charge in [-0.25, -0.2) is 22.0 Å². The van der Waals surface area contributed by atoms with Gasteiger partial charge in [-0.3, -0.25) is 9.78 Å². The van der Waals surface area contributed by atoms with Crippen molar-refractivity contribution in [2.75, 3.05) is 26.0 Å². The number of carbonyl (C=O) groups excluding carboxylic acids is 2. The molecular weight excluding hydrogens is 616 g/mol. The SMILES string of the molecule is COC(=O)N[C@H](C(=O)N[C@H]1CCC[C@@H]1CC[C@H]1CN[C@@H]2CCCS(=O)(=O)N1C2)[C@H](c1cncc(F)c1)c1ccc(Cl)c(F)c1. The van der Waals surface area contributed by atoms with Crippen LogP contribution in [-0.4, -0.2) is 79.8 Å². The zero-order chi connectivity index (χ0) is 31.4. The second-order valence-corrected chi connectivity index (χ2v) is 14.3. The van der Waals surface area contributed by atoms with Crippen molar-refractivity contribution in [2.24, 2.45) is 5.92 Å². The molecular formula is C30H38ClF2N5O5S. The van der Waals surface area contributed by atoms with Crippen molar-refractivity contribution in [2.45, 2.75) is 75.0 Å². The number of pyridine rings is 1. The van der Waals surface area contributed by atoms with E-state index in [1.807, 2.05) is 0 Å². The molecule has 2 saturated heterocycles. The van der Waals surface area contributed by atoms with Gasteiger partial charge in [-0.15, -0.1) is 0 Å². The zero-order valence-electron chi connectivity index (χ0n) is 24.5. The standard InChI is InChI=1S/C30H38ClF2N5O5S/c1-43-30(40)37-28(27(20-12-21(32)15-34-14-20)19-8-10-24(31)25(33)13-19)29(39)36-26-6-2-4-18(26)7-9-23-16-35-22-5-3-11-44(41,42)38(23)17-22/h8,10,12-15,18,22-23,26-28,35H,2-7,9,11,16-17H2,1H3,(H,36,39)(H,37,40)/t18-,22-,23+,26+,27+,28+/m1/s1. The number of nitrogens with zero attached hydrogens (tertiary/aromatic N) is 2. The summed E-state index contributed by atoms with van der Waals surface area (Å²) in [5.41, 5.74) is 0.522. The van der Waals surface area contributed by atoms with E-state index in [4.69, 9.17) is 16.3 Å². The lowest BCUT2D eigenvalue weighted by atomic mass is 9.84. The lowest BCUT2D eigenvalue weighted by Crippen LogP contribution is -2.57. The average molecular weight is 654 g/mol. The van der Waals surface area contributed by atoms with Crippen LogP contribution in [-0.2, 0) is 19.6 Å². The number of methoxy groups -OCH3 is 1. The molecule has 1 aromatic carbocycles. The van der Waals surface area contributed by atoms with E-state index < -0.39 is 45.6 Å². The number of piperazine rings is 1. The summed E-state index contributed by atoms with van der Waals surface area (Å²) in [5.74, 6) is -2.72. The molecule has 7 atom stereocenters. The van der Waals surface area contributed by atoms with Crippen molar-refractivity contribution in [1.29, 1.82) is 0 Å². The maximum atomic E-state index is 14.6. The number of aromatic nitrogens is 1. The number of carbonyl (C=O) groups is 2. The largest absolute Gasteiger partial charge is 0.453 e. The first-order valence-corrected chi connectivity index (χ1v) is 17.0. The topological polar surface area (TPSA) is 130 Å². The van der Waals surface area contributed by atoms with Gasteiger partial charge in [-0.2, -0.15) is 4.31 Å². The van der Waals surface area contributed by atoms with Gasteiger partial charge in [0.05, 0.1) is 24.1 Å². The molecule has 10 nitrogen and oxygen atoms in total. The highest BCUT2D eigenvalue weighted by molar-refractivity contribution is 7.89. The third-order valence-corrected chi connectivity index (χ3v) is 11.4. The smallest absolute Gasteiger partial charge is 0.407 e. The van der Waals surface area contributed by atoms with E-state index in [2.05, 4.69) is 20.9 Å². The van der Waals surface area contributed by atoms with Gasteiger partial charge in [0.25, 0.3) is 0 Å². The van der Waals surface area contributed by atoms with E-state index in [0.717, 1.165) is 38.6 Å². The molecule has 44 heavy (non-hydrogen) atoms. The number of halogens is 3. The van der Waals surface area contributed by atoms with E-state index in [1.54, 1.807) is 4.31 Å². The number of hydrogen-bond acceptors (Lipinski definition) is 7. The number of fused-ring (bicyclic) bond motifs is 2. The number of nitrogens with one attached hydrogen (secondary N) is 3. The van der Waals surface area contributed by atoms with Crippen molar-refractivity contribution >= 4 is 33.6 Å². The molecule has 3 N–H and O–H groups in total. The highest BCUT2D eigenvalue weighted by atomic mass is 35.5. The number of sulfonamides is 1. The van der Waals surface area contributed by atoms with Crippen molar-refractivity contribution in [1.82, 2.24) is 25.2 Å². The molecule has 5 rings (SSSR count). The van der Waals surface area contributed by atoms with E-state index in [-0.39, 0.29) is 45.9 Å². The van der Waals surface area contributed by atoms with Gasteiger partial charge in [0, 0.05) is 43.3 Å². The Morgan fingerprint density at radius 3 is 2.70 bits per heavy atom. The Morgan fingerprint density at radius 1 is 1.14 bits per heavy atom. The first-order valence-electron chi connectivity index (χ1n) is 15.0. The Kier molecular flexibility index (Phi) is 10.4. The molecule has 1 aromatic heterocycles. The van der Waals surface area contributed by atoms with Crippen molar-refractivity contribution in [3.8, 4) is 0 Å². The number of benzene rings is 1. The summed E-state index contributed by atoms with van der Waals surface area (Å²) >= 11 is 5.92. The third-order valence-electron chi connectivity index (χ3n) is 9.08. The van der Waals surface area contributed by atoms with Crippen LogP contribution in [0.1, 0.15) is 62.0 Å². The fourth-order valence-electron chi connectivity index (χ4n) is 6.86. The van der Waals surface area contributed by atoms with Crippen LogP contribution in [0, 0.1) is 17.6 Å². The third kappa shape index (κ3) is 7.49. The van der Waals surface area contributed by atoms with Crippen LogP contribution >= 0.6 is 11.6 Å². The second kappa shape index (κ2) is 14.1. The predicted octanol–water partition coefficient (Wildman–Crippen LogP) is 3.70. The van der Waals surface area contributed by atoms with Gasteiger partial charge in [0.2, 0.25) is 15.9 Å². The van der Waals surface area contributed by atoms with Crippen molar-refractivity contribution in [3.63, 3.8) is 0 Å². The zero-order valence-corrected chi connectivity index (χ0v) is 26.0. The number of alkyl carbamates (subject to hydrolysis) is 1.